The number of carbonyl (C=O) groups is 2. The molecule has 6 rings (SSSR count). The van der Waals surface area contributed by atoms with E-state index in [0.717, 1.165) is 19.5 Å². The molecule has 3 saturated heterocycles. The van der Waals surface area contributed by atoms with Crippen molar-refractivity contribution < 1.29 is 32.7 Å². The molecule has 39 heavy (non-hydrogen) atoms. The van der Waals surface area contributed by atoms with E-state index in [2.05, 4.69) is 4.90 Å². The highest BCUT2D eigenvalue weighted by Crippen LogP contribution is 2.50. The minimum Gasteiger partial charge on any atom is -0.503 e. The highest BCUT2D eigenvalue weighted by molar-refractivity contribution is 5.99. The maximum absolute atomic E-state index is 14.7. The van der Waals surface area contributed by atoms with Crippen molar-refractivity contribution in [2.45, 2.75) is 63.0 Å². The van der Waals surface area contributed by atoms with Gasteiger partial charge in [-0.25, -0.2) is 13.2 Å². The molecule has 1 aromatic heterocycles. The van der Waals surface area contributed by atoms with Crippen molar-refractivity contribution in [3.8, 4) is 5.75 Å². The lowest BCUT2D eigenvalue weighted by atomic mass is 9.84. The number of aromatic nitrogens is 1. The van der Waals surface area contributed by atoms with Gasteiger partial charge in [0.2, 0.25) is 5.43 Å². The predicted octanol–water partition coefficient (Wildman–Crippen LogP) is 1.86. The fourth-order valence-electron chi connectivity index (χ4n) is 6.38. The molecule has 3 fully saturated rings. The lowest BCUT2D eigenvalue weighted by Crippen LogP contribution is -2.52. The van der Waals surface area contributed by atoms with Gasteiger partial charge in [-0.15, -0.1) is 0 Å². The number of hydrogen-bond acceptors (Lipinski definition) is 7. The summed E-state index contributed by atoms with van der Waals surface area (Å²) in [6.45, 7) is 3.22. The monoisotopic (exact) mass is 547 g/mol. The summed E-state index contributed by atoms with van der Waals surface area (Å²) in [5.41, 5.74) is 2.30. The molecule has 2 aromatic rings. The van der Waals surface area contributed by atoms with Gasteiger partial charge in [-0.3, -0.25) is 24.1 Å². The minimum atomic E-state index is -1.05. The van der Waals surface area contributed by atoms with Gasteiger partial charge in [0.25, 0.3) is 11.8 Å². The number of rotatable bonds is 4. The third-order valence-corrected chi connectivity index (χ3v) is 8.66. The van der Waals surface area contributed by atoms with Gasteiger partial charge in [0, 0.05) is 56.0 Å². The summed E-state index contributed by atoms with van der Waals surface area (Å²) in [6, 6.07) is 0.338. The third kappa shape index (κ3) is 3.94. The highest BCUT2D eigenvalue weighted by Gasteiger charge is 2.58. The molecule has 0 saturated carbocycles. The quantitative estimate of drug-likeness (QED) is 0.600. The number of aromatic hydroxyl groups is 1. The molecule has 4 atom stereocenters. The molecule has 13 heteroatoms. The molecule has 4 aliphatic heterocycles. The Balaban J connectivity index is 1.47. The number of likely N-dealkylation sites (tertiary alicyclic amines) is 1. The SMILES string of the molecule is C[C@H]1CC[C@]2(CC(N3CCC3)N(Cc3c(F)cc(F)cc3F)O2)[C@H]2CN1C(=O)c1c(O)c(=O)c(C(N)=O)cn12. The van der Waals surface area contributed by atoms with Crippen LogP contribution in [-0.2, 0) is 11.4 Å². The van der Waals surface area contributed by atoms with Gasteiger partial charge in [0.15, 0.2) is 11.4 Å². The first-order chi connectivity index (χ1) is 18.5. The Hall–Kier alpha value is -3.42. The zero-order valence-corrected chi connectivity index (χ0v) is 21.2. The number of halogens is 3. The predicted molar refractivity (Wildman–Crippen MR) is 130 cm³/mol. The Kier molecular flexibility index (Phi) is 6.01. The van der Waals surface area contributed by atoms with Gasteiger partial charge in [-0.2, -0.15) is 5.06 Å². The van der Waals surface area contributed by atoms with Crippen molar-refractivity contribution in [2.24, 2.45) is 5.73 Å². The van der Waals surface area contributed by atoms with Crippen LogP contribution >= 0.6 is 0 Å². The Labute approximate surface area is 221 Å². The number of primary amides is 1. The first kappa shape index (κ1) is 25.8. The van der Waals surface area contributed by atoms with Crippen LogP contribution in [0.2, 0.25) is 0 Å². The Morgan fingerprint density at radius 1 is 1.21 bits per heavy atom. The second-order valence-corrected chi connectivity index (χ2v) is 10.9. The molecule has 10 nitrogen and oxygen atoms in total. The van der Waals surface area contributed by atoms with Gasteiger partial charge in [-0.05, 0) is 26.2 Å². The molecule has 0 aliphatic carbocycles. The molecule has 208 valence electrons. The molecule has 1 spiro atoms. The standard InChI is InChI=1S/C26H28F3N5O5/c1-13-3-4-26(19-12-32(13)25(38)21-23(36)22(35)16(24(30)37)10-33(19)21)9-20(31-5-2-6-31)34(39-26)11-15-17(28)7-14(27)8-18(15)29/h7-8,10,13,19-20,36H,2-6,9,11-12H2,1H3,(H2,30,37)/t13-,19+,20?,26-/m0/s1. The van der Waals surface area contributed by atoms with E-state index >= 15 is 0 Å². The number of benzene rings is 1. The van der Waals surface area contributed by atoms with Gasteiger partial charge in [0.1, 0.15) is 28.6 Å². The van der Waals surface area contributed by atoms with Crippen LogP contribution < -0.4 is 11.2 Å². The molecule has 2 bridgehead atoms. The van der Waals surface area contributed by atoms with E-state index in [0.29, 0.717) is 31.4 Å². The van der Waals surface area contributed by atoms with E-state index in [1.165, 1.54) is 15.8 Å². The average molecular weight is 548 g/mol. The average Bonchev–Trinajstić information content (AvgIpc) is 3.13. The highest BCUT2D eigenvalue weighted by atomic mass is 19.1. The van der Waals surface area contributed by atoms with E-state index in [1.807, 2.05) is 6.92 Å². The van der Waals surface area contributed by atoms with E-state index < -0.39 is 57.7 Å². The molecule has 2 amide bonds. The van der Waals surface area contributed by atoms with Crippen molar-refractivity contribution >= 4 is 11.8 Å². The molecule has 4 aliphatic rings. The Morgan fingerprint density at radius 3 is 2.51 bits per heavy atom. The molecule has 1 aromatic carbocycles. The fourth-order valence-corrected chi connectivity index (χ4v) is 6.38. The minimum absolute atomic E-state index is 0.160. The number of carbonyl (C=O) groups excluding carboxylic acids is 2. The second kappa shape index (κ2) is 9.07. The van der Waals surface area contributed by atoms with E-state index in [-0.39, 0.29) is 36.6 Å². The maximum atomic E-state index is 14.7. The largest absolute Gasteiger partial charge is 0.503 e. The summed E-state index contributed by atoms with van der Waals surface area (Å²) >= 11 is 0. The second-order valence-electron chi connectivity index (χ2n) is 10.9. The van der Waals surface area contributed by atoms with Crippen LogP contribution in [0, 0.1) is 17.5 Å². The van der Waals surface area contributed by atoms with Crippen LogP contribution in [0.1, 0.15) is 65.1 Å². The fraction of sp³-hybridized carbons (Fsp3) is 0.500. The summed E-state index contributed by atoms with van der Waals surface area (Å²) in [5.74, 6) is -5.53. The molecular weight excluding hydrogens is 519 g/mol. The van der Waals surface area contributed by atoms with Gasteiger partial charge < -0.3 is 20.3 Å². The summed E-state index contributed by atoms with van der Waals surface area (Å²) < 4.78 is 44.3. The first-order valence-corrected chi connectivity index (χ1v) is 12.9. The summed E-state index contributed by atoms with van der Waals surface area (Å²) in [4.78, 5) is 48.4. The number of fused-ring (bicyclic) bond motifs is 5. The smallest absolute Gasteiger partial charge is 0.274 e. The lowest BCUT2D eigenvalue weighted by molar-refractivity contribution is -0.243. The number of hydroxylamine groups is 2. The topological polar surface area (TPSA) is 121 Å². The van der Waals surface area contributed by atoms with Crippen LogP contribution in [0.15, 0.2) is 23.1 Å². The number of nitrogens with two attached hydrogens (primary N) is 1. The lowest BCUT2D eigenvalue weighted by Gasteiger charge is -2.42. The summed E-state index contributed by atoms with van der Waals surface area (Å²) in [6.07, 6.45) is 3.10. The van der Waals surface area contributed by atoms with E-state index in [9.17, 15) is 32.7 Å². The Morgan fingerprint density at radius 2 is 1.90 bits per heavy atom. The van der Waals surface area contributed by atoms with Gasteiger partial charge in [0.05, 0.1) is 18.8 Å². The summed E-state index contributed by atoms with van der Waals surface area (Å²) in [5, 5.41) is 12.3. The van der Waals surface area contributed by atoms with Crippen LogP contribution in [0.25, 0.3) is 0 Å². The number of hydrogen-bond donors (Lipinski definition) is 2. The van der Waals surface area contributed by atoms with E-state index in [1.54, 1.807) is 4.90 Å². The maximum Gasteiger partial charge on any atom is 0.274 e. The van der Waals surface area contributed by atoms with Crippen molar-refractivity contribution in [3.63, 3.8) is 0 Å². The zero-order chi connectivity index (χ0) is 27.8. The van der Waals surface area contributed by atoms with Crippen LogP contribution in [0.3, 0.4) is 0 Å². The first-order valence-electron chi connectivity index (χ1n) is 12.9. The van der Waals surface area contributed by atoms with Crippen molar-refractivity contribution in [1.29, 1.82) is 0 Å². The van der Waals surface area contributed by atoms with Crippen LogP contribution in [0.4, 0.5) is 13.2 Å². The van der Waals surface area contributed by atoms with Crippen molar-refractivity contribution in [3.05, 3.63) is 62.8 Å². The van der Waals surface area contributed by atoms with Gasteiger partial charge in [-0.1, -0.05) is 0 Å². The zero-order valence-electron chi connectivity index (χ0n) is 21.2. The molecule has 5 heterocycles. The van der Waals surface area contributed by atoms with Crippen molar-refractivity contribution in [1.82, 2.24) is 19.4 Å². The number of amides is 2. The third-order valence-electron chi connectivity index (χ3n) is 8.66. The molecule has 0 radical (unpaired) electrons. The number of pyridine rings is 1. The molecule has 1 unspecified atom stereocenters. The van der Waals surface area contributed by atoms with Crippen molar-refractivity contribution in [2.75, 3.05) is 19.6 Å². The van der Waals surface area contributed by atoms with Gasteiger partial charge >= 0.3 is 0 Å². The van der Waals surface area contributed by atoms with Crippen LogP contribution in [-0.4, -0.2) is 73.8 Å². The molecule has 3 N–H and O–H groups in total. The van der Waals surface area contributed by atoms with E-state index in [4.69, 9.17) is 10.6 Å². The number of nitrogens with zero attached hydrogens (tertiary/aromatic N) is 4. The van der Waals surface area contributed by atoms with Crippen LogP contribution in [0.5, 0.6) is 5.75 Å². The molecular formula is C26H28F3N5O5. The summed E-state index contributed by atoms with van der Waals surface area (Å²) in [7, 11) is 0. The normalized spacial score (nSPS) is 28.9. The Bertz CT molecular complexity index is 1420.